The predicted octanol–water partition coefficient (Wildman–Crippen LogP) is 2.75. The SMILES string of the molecule is CC1=CCC=C1c1ccc[nH]1. The fourth-order valence-electron chi connectivity index (χ4n) is 1.44. The quantitative estimate of drug-likeness (QED) is 0.625. The van der Waals surface area contributed by atoms with Crippen LogP contribution in [0.2, 0.25) is 0 Å². The lowest BCUT2D eigenvalue weighted by Crippen LogP contribution is -1.81. The molecule has 11 heavy (non-hydrogen) atoms. The van der Waals surface area contributed by atoms with Crippen molar-refractivity contribution < 1.29 is 0 Å². The average Bonchev–Trinajstić information content (AvgIpc) is 2.55. The highest BCUT2D eigenvalue weighted by Gasteiger charge is 2.07. The minimum Gasteiger partial charge on any atom is -0.361 e. The van der Waals surface area contributed by atoms with Gasteiger partial charge >= 0.3 is 0 Å². The van der Waals surface area contributed by atoms with Gasteiger partial charge in [-0.1, -0.05) is 12.2 Å². The monoisotopic (exact) mass is 145 g/mol. The molecule has 0 amide bonds. The number of hydrogen-bond acceptors (Lipinski definition) is 0. The normalized spacial score (nSPS) is 16.5. The van der Waals surface area contributed by atoms with Crippen molar-refractivity contribution in [3.63, 3.8) is 0 Å². The van der Waals surface area contributed by atoms with Crippen LogP contribution in [0, 0.1) is 0 Å². The second-order valence-electron chi connectivity index (χ2n) is 2.82. The molecule has 1 aromatic rings. The van der Waals surface area contributed by atoms with Crippen LogP contribution < -0.4 is 0 Å². The van der Waals surface area contributed by atoms with Gasteiger partial charge in [0, 0.05) is 11.9 Å². The molecular weight excluding hydrogens is 134 g/mol. The number of aromatic nitrogens is 1. The maximum Gasteiger partial charge on any atom is 0.0453 e. The number of aromatic amines is 1. The van der Waals surface area contributed by atoms with Gasteiger partial charge < -0.3 is 4.98 Å². The zero-order valence-corrected chi connectivity index (χ0v) is 6.59. The van der Waals surface area contributed by atoms with Gasteiger partial charge in [-0.05, 0) is 36.6 Å². The van der Waals surface area contributed by atoms with Gasteiger partial charge in [-0.2, -0.15) is 0 Å². The van der Waals surface area contributed by atoms with Crippen LogP contribution in [0.15, 0.2) is 36.1 Å². The third-order valence-electron chi connectivity index (χ3n) is 2.06. The number of rotatable bonds is 1. The van der Waals surface area contributed by atoms with E-state index >= 15 is 0 Å². The fourth-order valence-corrected chi connectivity index (χ4v) is 1.44. The maximum atomic E-state index is 3.20. The van der Waals surface area contributed by atoms with E-state index < -0.39 is 0 Å². The average molecular weight is 145 g/mol. The molecule has 1 aromatic heterocycles. The Kier molecular flexibility index (Phi) is 1.42. The van der Waals surface area contributed by atoms with Gasteiger partial charge in [0.05, 0.1) is 0 Å². The van der Waals surface area contributed by atoms with Crippen LogP contribution in [0.4, 0.5) is 0 Å². The summed E-state index contributed by atoms with van der Waals surface area (Å²) in [6.07, 6.45) is 7.54. The molecule has 56 valence electrons. The van der Waals surface area contributed by atoms with E-state index in [0.29, 0.717) is 0 Å². The molecule has 0 saturated heterocycles. The molecular formula is C10H11N. The smallest absolute Gasteiger partial charge is 0.0453 e. The molecule has 0 aliphatic heterocycles. The molecule has 0 aromatic carbocycles. The molecule has 0 bridgehead atoms. The molecule has 0 atom stereocenters. The first kappa shape index (κ1) is 6.47. The Bertz CT molecular complexity index is 302. The highest BCUT2D eigenvalue weighted by atomic mass is 14.7. The van der Waals surface area contributed by atoms with Crippen LogP contribution >= 0.6 is 0 Å². The van der Waals surface area contributed by atoms with Crippen LogP contribution in [0.25, 0.3) is 5.57 Å². The summed E-state index contributed by atoms with van der Waals surface area (Å²) in [5.74, 6) is 0. The third kappa shape index (κ3) is 1.03. The Hall–Kier alpha value is -1.24. The summed E-state index contributed by atoms with van der Waals surface area (Å²) < 4.78 is 0. The largest absolute Gasteiger partial charge is 0.361 e. The van der Waals surface area contributed by atoms with Crippen molar-refractivity contribution in [2.24, 2.45) is 0 Å². The first-order chi connectivity index (χ1) is 5.38. The van der Waals surface area contributed by atoms with Crippen LogP contribution in [-0.4, -0.2) is 4.98 Å². The van der Waals surface area contributed by atoms with E-state index in [0.717, 1.165) is 6.42 Å². The van der Waals surface area contributed by atoms with Gasteiger partial charge in [-0.25, -0.2) is 0 Å². The van der Waals surface area contributed by atoms with E-state index in [1.807, 2.05) is 12.3 Å². The van der Waals surface area contributed by atoms with E-state index in [1.54, 1.807) is 0 Å². The predicted molar refractivity (Wildman–Crippen MR) is 47.1 cm³/mol. The van der Waals surface area contributed by atoms with E-state index in [1.165, 1.54) is 16.8 Å². The molecule has 1 heteroatoms. The Morgan fingerprint density at radius 1 is 1.36 bits per heavy atom. The highest BCUT2D eigenvalue weighted by Crippen LogP contribution is 2.26. The first-order valence-corrected chi connectivity index (χ1v) is 3.89. The second kappa shape index (κ2) is 2.42. The molecule has 0 saturated carbocycles. The molecule has 1 aliphatic rings. The van der Waals surface area contributed by atoms with Crippen LogP contribution in [0.1, 0.15) is 19.0 Å². The lowest BCUT2D eigenvalue weighted by Gasteiger charge is -1.99. The summed E-state index contributed by atoms with van der Waals surface area (Å²) in [5.41, 5.74) is 3.97. The summed E-state index contributed by atoms with van der Waals surface area (Å²) in [4.78, 5) is 3.20. The topological polar surface area (TPSA) is 15.8 Å². The molecule has 2 rings (SSSR count). The molecule has 0 unspecified atom stereocenters. The summed E-state index contributed by atoms with van der Waals surface area (Å²) in [6.45, 7) is 2.15. The Morgan fingerprint density at radius 3 is 2.82 bits per heavy atom. The zero-order valence-electron chi connectivity index (χ0n) is 6.59. The van der Waals surface area contributed by atoms with Gasteiger partial charge in [0.1, 0.15) is 0 Å². The van der Waals surface area contributed by atoms with Crippen molar-refractivity contribution in [2.75, 3.05) is 0 Å². The molecule has 0 spiro atoms. The Morgan fingerprint density at radius 2 is 2.27 bits per heavy atom. The lowest BCUT2D eigenvalue weighted by molar-refractivity contribution is 1.34. The molecule has 0 radical (unpaired) electrons. The molecule has 1 nitrogen and oxygen atoms in total. The molecule has 1 aliphatic carbocycles. The summed E-state index contributed by atoms with van der Waals surface area (Å²) in [5, 5.41) is 0. The lowest BCUT2D eigenvalue weighted by atomic mass is 10.1. The van der Waals surface area contributed by atoms with Gasteiger partial charge in [-0.15, -0.1) is 0 Å². The van der Waals surface area contributed by atoms with E-state index in [4.69, 9.17) is 0 Å². The Balaban J connectivity index is 2.38. The molecule has 1 N–H and O–H groups in total. The van der Waals surface area contributed by atoms with Gasteiger partial charge in [-0.3, -0.25) is 0 Å². The third-order valence-corrected chi connectivity index (χ3v) is 2.06. The van der Waals surface area contributed by atoms with Crippen LogP contribution in [0.5, 0.6) is 0 Å². The number of H-pyrrole nitrogens is 1. The van der Waals surface area contributed by atoms with Crippen molar-refractivity contribution in [2.45, 2.75) is 13.3 Å². The summed E-state index contributed by atoms with van der Waals surface area (Å²) >= 11 is 0. The van der Waals surface area contributed by atoms with E-state index in [2.05, 4.69) is 30.1 Å². The minimum atomic E-state index is 1.08. The second-order valence-corrected chi connectivity index (χ2v) is 2.82. The number of hydrogen-bond donors (Lipinski definition) is 1. The Labute approximate surface area is 66.4 Å². The van der Waals surface area contributed by atoms with Gasteiger partial charge in [0.2, 0.25) is 0 Å². The first-order valence-electron chi connectivity index (χ1n) is 3.89. The standard InChI is InChI=1S/C10H11N/c1-8-4-2-5-9(8)10-6-3-7-11-10/h3-7,11H,2H2,1H3. The van der Waals surface area contributed by atoms with Crippen molar-refractivity contribution in [3.05, 3.63) is 41.7 Å². The van der Waals surface area contributed by atoms with Crippen LogP contribution in [-0.2, 0) is 0 Å². The summed E-state index contributed by atoms with van der Waals surface area (Å²) in [7, 11) is 0. The molecule has 0 fully saturated rings. The fraction of sp³-hybridized carbons (Fsp3) is 0.200. The van der Waals surface area contributed by atoms with Gasteiger partial charge in [0.25, 0.3) is 0 Å². The molecule has 1 heterocycles. The zero-order chi connectivity index (χ0) is 7.68. The van der Waals surface area contributed by atoms with E-state index in [-0.39, 0.29) is 0 Å². The summed E-state index contributed by atoms with van der Waals surface area (Å²) in [6, 6.07) is 4.14. The van der Waals surface area contributed by atoms with Crippen molar-refractivity contribution >= 4 is 5.57 Å². The maximum absolute atomic E-state index is 3.20. The minimum absolute atomic E-state index is 1.08. The van der Waals surface area contributed by atoms with Gasteiger partial charge in [0.15, 0.2) is 0 Å². The highest BCUT2D eigenvalue weighted by molar-refractivity contribution is 5.78. The van der Waals surface area contributed by atoms with Crippen LogP contribution in [0.3, 0.4) is 0 Å². The number of nitrogens with one attached hydrogen (secondary N) is 1. The van der Waals surface area contributed by atoms with E-state index in [9.17, 15) is 0 Å². The van der Waals surface area contributed by atoms with Crippen molar-refractivity contribution in [3.8, 4) is 0 Å². The number of allylic oxidation sites excluding steroid dienone is 4. The van der Waals surface area contributed by atoms with Crippen molar-refractivity contribution in [1.29, 1.82) is 0 Å². The van der Waals surface area contributed by atoms with Crippen molar-refractivity contribution in [1.82, 2.24) is 4.98 Å².